The van der Waals surface area contributed by atoms with Crippen LogP contribution < -0.4 is 16.0 Å². The van der Waals surface area contributed by atoms with E-state index in [1.165, 1.54) is 0 Å². The lowest BCUT2D eigenvalue weighted by Crippen LogP contribution is -2.33. The van der Waals surface area contributed by atoms with Crippen molar-refractivity contribution in [3.05, 3.63) is 102 Å². The maximum Gasteiger partial charge on any atom is 0.239 e. The third kappa shape index (κ3) is 5.95. The van der Waals surface area contributed by atoms with Gasteiger partial charge in [-0.2, -0.15) is 0 Å². The molecule has 0 spiro atoms. The van der Waals surface area contributed by atoms with Crippen LogP contribution in [0.2, 0.25) is 0 Å². The Kier molecular flexibility index (Phi) is 7.11. The number of fused-ring (bicyclic) bond motifs is 1. The number of aromatic nitrogens is 1. The smallest absolute Gasteiger partial charge is 0.239 e. The molecule has 0 saturated carbocycles. The van der Waals surface area contributed by atoms with E-state index in [9.17, 15) is 4.79 Å². The molecule has 0 bridgehead atoms. The first kappa shape index (κ1) is 21.1. The minimum absolute atomic E-state index is 0.0401. The molecule has 0 aliphatic rings. The van der Waals surface area contributed by atoms with Gasteiger partial charge >= 0.3 is 0 Å². The van der Waals surface area contributed by atoms with Gasteiger partial charge in [-0.25, -0.2) is 4.98 Å². The number of amides is 1. The molecule has 4 aromatic rings. The Balaban J connectivity index is 1.35. The summed E-state index contributed by atoms with van der Waals surface area (Å²) in [6.07, 6.45) is 4.07. The van der Waals surface area contributed by atoms with Gasteiger partial charge in [0, 0.05) is 29.9 Å². The highest BCUT2D eigenvalue weighted by Gasteiger charge is 2.05. The molecule has 3 aromatic carbocycles. The molecule has 1 amide bonds. The highest BCUT2D eigenvalue weighted by atomic mass is 16.1. The second kappa shape index (κ2) is 10.8. The minimum Gasteiger partial charge on any atom is -0.383 e. The SMILES string of the molecule is O=C(CNc1ccccc1)NCCNc1cc(/C=C/c2ccccc2)nc2ccccc12. The fraction of sp³-hybridized carbons (Fsp3) is 0.111. The number of carbonyl (C=O) groups is 1. The molecule has 160 valence electrons. The molecular formula is C27H26N4O. The molecule has 0 aliphatic heterocycles. The number of rotatable bonds is 9. The van der Waals surface area contributed by atoms with Crippen molar-refractivity contribution in [2.75, 3.05) is 30.3 Å². The average Bonchev–Trinajstić information content (AvgIpc) is 2.85. The third-order valence-corrected chi connectivity index (χ3v) is 4.97. The number of nitrogens with zero attached hydrogens (tertiary/aromatic N) is 1. The van der Waals surface area contributed by atoms with E-state index in [0.717, 1.165) is 33.5 Å². The maximum atomic E-state index is 12.1. The number of hydrogen-bond donors (Lipinski definition) is 3. The summed E-state index contributed by atoms with van der Waals surface area (Å²) in [5.74, 6) is -0.0401. The number of para-hydroxylation sites is 2. The van der Waals surface area contributed by atoms with E-state index in [-0.39, 0.29) is 12.5 Å². The van der Waals surface area contributed by atoms with Crippen LogP contribution in [0.5, 0.6) is 0 Å². The Bertz CT molecular complexity index is 1190. The molecule has 0 aliphatic carbocycles. The van der Waals surface area contributed by atoms with Crippen LogP contribution in [-0.2, 0) is 4.79 Å². The first-order chi connectivity index (χ1) is 15.8. The Labute approximate surface area is 188 Å². The van der Waals surface area contributed by atoms with E-state index < -0.39 is 0 Å². The molecule has 0 saturated heterocycles. The van der Waals surface area contributed by atoms with Gasteiger partial charge in [-0.3, -0.25) is 4.79 Å². The molecular weight excluding hydrogens is 396 g/mol. The summed E-state index contributed by atoms with van der Waals surface area (Å²) in [5, 5.41) is 10.6. The van der Waals surface area contributed by atoms with Crippen LogP contribution in [-0.4, -0.2) is 30.5 Å². The van der Waals surface area contributed by atoms with Crippen molar-refractivity contribution in [3.63, 3.8) is 0 Å². The molecule has 0 atom stereocenters. The first-order valence-electron chi connectivity index (χ1n) is 10.7. The summed E-state index contributed by atoms with van der Waals surface area (Å²) in [5.41, 5.74) is 4.87. The van der Waals surface area contributed by atoms with Gasteiger partial charge in [-0.05, 0) is 35.9 Å². The number of carbonyl (C=O) groups excluding carboxylic acids is 1. The van der Waals surface area contributed by atoms with E-state index in [1.807, 2.05) is 78.9 Å². The predicted molar refractivity (Wildman–Crippen MR) is 134 cm³/mol. The molecule has 5 nitrogen and oxygen atoms in total. The standard InChI is InChI=1S/C27H26N4O/c32-27(20-30-22-11-5-2-6-12-22)29-18-17-28-26-19-23(16-15-21-9-3-1-4-10-21)31-25-14-8-7-13-24(25)26/h1-16,19,30H,17-18,20H2,(H,28,31)(H,29,32)/b16-15+. The van der Waals surface area contributed by atoms with Crippen LogP contribution >= 0.6 is 0 Å². The average molecular weight is 423 g/mol. The summed E-state index contributed by atoms with van der Waals surface area (Å²) in [4.78, 5) is 16.8. The highest BCUT2D eigenvalue weighted by molar-refractivity contribution is 5.93. The van der Waals surface area contributed by atoms with E-state index in [0.29, 0.717) is 13.1 Å². The zero-order valence-electron chi connectivity index (χ0n) is 17.8. The molecule has 1 heterocycles. The van der Waals surface area contributed by atoms with Crippen molar-refractivity contribution >= 4 is 40.3 Å². The molecule has 4 rings (SSSR count). The summed E-state index contributed by atoms with van der Waals surface area (Å²) in [6, 6.07) is 30.0. The van der Waals surface area contributed by atoms with Crippen LogP contribution in [0.1, 0.15) is 11.3 Å². The molecule has 0 unspecified atom stereocenters. The quantitative estimate of drug-likeness (QED) is 0.331. The molecule has 5 heteroatoms. The lowest BCUT2D eigenvalue weighted by Gasteiger charge is -2.12. The van der Waals surface area contributed by atoms with Crippen molar-refractivity contribution < 1.29 is 4.79 Å². The second-order valence-corrected chi connectivity index (χ2v) is 7.35. The minimum atomic E-state index is -0.0401. The normalized spacial score (nSPS) is 10.9. The number of hydrogen-bond acceptors (Lipinski definition) is 4. The van der Waals surface area contributed by atoms with E-state index in [1.54, 1.807) is 0 Å². The van der Waals surface area contributed by atoms with Gasteiger partial charge in [-0.1, -0.05) is 72.8 Å². The van der Waals surface area contributed by atoms with Crippen molar-refractivity contribution in [2.24, 2.45) is 0 Å². The van der Waals surface area contributed by atoms with E-state index >= 15 is 0 Å². The van der Waals surface area contributed by atoms with Gasteiger partial charge in [0.2, 0.25) is 5.91 Å². The first-order valence-corrected chi connectivity index (χ1v) is 10.7. The summed E-state index contributed by atoms with van der Waals surface area (Å²) >= 11 is 0. The largest absolute Gasteiger partial charge is 0.383 e. The third-order valence-electron chi connectivity index (χ3n) is 4.97. The van der Waals surface area contributed by atoms with Crippen molar-refractivity contribution in [1.82, 2.24) is 10.3 Å². The molecule has 32 heavy (non-hydrogen) atoms. The summed E-state index contributed by atoms with van der Waals surface area (Å²) in [6.45, 7) is 1.39. The van der Waals surface area contributed by atoms with Crippen molar-refractivity contribution in [3.8, 4) is 0 Å². The van der Waals surface area contributed by atoms with Gasteiger partial charge < -0.3 is 16.0 Å². The van der Waals surface area contributed by atoms with Crippen LogP contribution in [0.3, 0.4) is 0 Å². The Hall–Kier alpha value is -4.12. The molecule has 0 radical (unpaired) electrons. The van der Waals surface area contributed by atoms with Crippen LogP contribution in [0.25, 0.3) is 23.1 Å². The van der Waals surface area contributed by atoms with E-state index in [2.05, 4.69) is 40.2 Å². The van der Waals surface area contributed by atoms with Gasteiger partial charge in [0.15, 0.2) is 0 Å². The fourth-order valence-corrected chi connectivity index (χ4v) is 3.37. The van der Waals surface area contributed by atoms with Crippen molar-refractivity contribution in [1.29, 1.82) is 0 Å². The van der Waals surface area contributed by atoms with Crippen LogP contribution in [0.15, 0.2) is 91.0 Å². The fourth-order valence-electron chi connectivity index (χ4n) is 3.37. The summed E-state index contributed by atoms with van der Waals surface area (Å²) < 4.78 is 0. The number of anilines is 2. The lowest BCUT2D eigenvalue weighted by molar-refractivity contribution is -0.119. The lowest BCUT2D eigenvalue weighted by atomic mass is 10.1. The number of benzene rings is 3. The van der Waals surface area contributed by atoms with Crippen molar-refractivity contribution in [2.45, 2.75) is 0 Å². The Morgan fingerprint density at radius 2 is 1.50 bits per heavy atom. The van der Waals surface area contributed by atoms with Gasteiger partial charge in [-0.15, -0.1) is 0 Å². The molecule has 1 aromatic heterocycles. The zero-order valence-corrected chi connectivity index (χ0v) is 17.8. The predicted octanol–water partition coefficient (Wildman–Crippen LogP) is 5.05. The zero-order chi connectivity index (χ0) is 22.0. The topological polar surface area (TPSA) is 66.1 Å². The second-order valence-electron chi connectivity index (χ2n) is 7.35. The summed E-state index contributed by atoms with van der Waals surface area (Å²) in [7, 11) is 0. The Morgan fingerprint density at radius 1 is 0.781 bits per heavy atom. The monoisotopic (exact) mass is 422 g/mol. The maximum absolute atomic E-state index is 12.1. The van der Waals surface area contributed by atoms with Gasteiger partial charge in [0.1, 0.15) is 0 Å². The Morgan fingerprint density at radius 3 is 2.31 bits per heavy atom. The number of pyridine rings is 1. The van der Waals surface area contributed by atoms with Crippen LogP contribution in [0.4, 0.5) is 11.4 Å². The van der Waals surface area contributed by atoms with E-state index in [4.69, 9.17) is 4.98 Å². The van der Waals surface area contributed by atoms with Gasteiger partial charge in [0.25, 0.3) is 0 Å². The highest BCUT2D eigenvalue weighted by Crippen LogP contribution is 2.24. The molecule has 3 N–H and O–H groups in total. The van der Waals surface area contributed by atoms with Crippen LogP contribution in [0, 0.1) is 0 Å². The van der Waals surface area contributed by atoms with Gasteiger partial charge in [0.05, 0.1) is 17.8 Å². The number of nitrogens with one attached hydrogen (secondary N) is 3. The molecule has 0 fully saturated rings.